The number of aliphatic hydroxyl groups excluding tert-OH is 1. The number of hydrogen-bond acceptors (Lipinski definition) is 7. The molecule has 1 fully saturated rings. The Bertz CT molecular complexity index is 1640. The first-order valence-electron chi connectivity index (χ1n) is 16.4. The summed E-state index contributed by atoms with van der Waals surface area (Å²) in [6.45, 7) is 0.408. The molecule has 1 heterocycles. The Morgan fingerprint density at radius 2 is 1.58 bits per heavy atom. The number of thioether (sulfide) groups is 1. The van der Waals surface area contributed by atoms with Crippen LogP contribution in [0.2, 0.25) is 0 Å². The van der Waals surface area contributed by atoms with Crippen LogP contribution in [0.1, 0.15) is 73.2 Å². The molecule has 1 aliphatic rings. The molecular formula is C39H43NO7S. The van der Waals surface area contributed by atoms with Crippen molar-refractivity contribution in [3.63, 3.8) is 0 Å². The smallest absolute Gasteiger partial charge is 0.303 e. The Morgan fingerprint density at radius 3 is 2.35 bits per heavy atom. The summed E-state index contributed by atoms with van der Waals surface area (Å²) >= 11 is 1.70. The minimum Gasteiger partial charge on any atom is -0.496 e. The predicted octanol–water partition coefficient (Wildman–Crippen LogP) is 7.84. The first-order valence-corrected chi connectivity index (χ1v) is 17.3. The summed E-state index contributed by atoms with van der Waals surface area (Å²) in [7, 11) is 1.68. The summed E-state index contributed by atoms with van der Waals surface area (Å²) in [5.41, 5.74) is 5.83. The quantitative estimate of drug-likeness (QED) is 0.0817. The van der Waals surface area contributed by atoms with E-state index in [9.17, 15) is 14.7 Å². The van der Waals surface area contributed by atoms with E-state index in [1.807, 2.05) is 72.8 Å². The van der Waals surface area contributed by atoms with Gasteiger partial charge in [0.1, 0.15) is 5.75 Å². The second-order valence-corrected chi connectivity index (χ2v) is 12.9. The number of rotatable bonds is 16. The van der Waals surface area contributed by atoms with Crippen molar-refractivity contribution in [3.8, 4) is 16.9 Å². The summed E-state index contributed by atoms with van der Waals surface area (Å²) in [5.74, 6) is 0.718. The molecule has 1 amide bonds. The van der Waals surface area contributed by atoms with Crippen molar-refractivity contribution in [2.45, 2.75) is 75.1 Å². The van der Waals surface area contributed by atoms with Crippen LogP contribution in [-0.2, 0) is 32.2 Å². The third-order valence-corrected chi connectivity index (χ3v) is 9.50. The van der Waals surface area contributed by atoms with Crippen molar-refractivity contribution >= 4 is 23.6 Å². The van der Waals surface area contributed by atoms with Gasteiger partial charge in [0.25, 0.3) is 0 Å². The van der Waals surface area contributed by atoms with Crippen LogP contribution in [-0.4, -0.2) is 41.1 Å². The fraction of sp³-hybridized carbons (Fsp3) is 0.333. The summed E-state index contributed by atoms with van der Waals surface area (Å²) in [6.07, 6.45) is 2.33. The molecule has 0 aromatic heterocycles. The molecule has 9 heteroatoms. The van der Waals surface area contributed by atoms with E-state index in [-0.39, 0.29) is 31.1 Å². The minimum atomic E-state index is -0.804. The van der Waals surface area contributed by atoms with Crippen LogP contribution in [0.4, 0.5) is 0 Å². The van der Waals surface area contributed by atoms with Gasteiger partial charge in [-0.05, 0) is 64.9 Å². The maximum absolute atomic E-state index is 12.4. The van der Waals surface area contributed by atoms with Gasteiger partial charge in [-0.1, -0.05) is 79.2 Å². The molecule has 1 aliphatic heterocycles. The van der Waals surface area contributed by atoms with E-state index in [1.165, 1.54) is 0 Å². The second-order valence-electron chi connectivity index (χ2n) is 11.9. The maximum Gasteiger partial charge on any atom is 0.303 e. The van der Waals surface area contributed by atoms with E-state index in [0.717, 1.165) is 56.2 Å². The van der Waals surface area contributed by atoms with Crippen LogP contribution < -0.4 is 10.1 Å². The van der Waals surface area contributed by atoms with Gasteiger partial charge in [0.05, 0.1) is 25.9 Å². The molecule has 0 saturated carbocycles. The number of methoxy groups -OCH3 is 1. The number of amides is 1. The Hall–Kier alpha value is -4.15. The molecule has 48 heavy (non-hydrogen) atoms. The number of nitrogens with one attached hydrogen (secondary N) is 1. The minimum absolute atomic E-state index is 0.00768. The number of ether oxygens (including phenoxy) is 3. The number of aliphatic hydroxyl groups is 1. The molecule has 0 radical (unpaired) electrons. The van der Waals surface area contributed by atoms with Gasteiger partial charge in [-0.3, -0.25) is 9.59 Å². The van der Waals surface area contributed by atoms with E-state index < -0.39 is 12.3 Å². The number of carboxylic acid groups (broad SMARTS) is 1. The molecule has 3 N–H and O–H groups in total. The van der Waals surface area contributed by atoms with Crippen molar-refractivity contribution in [3.05, 3.63) is 119 Å². The van der Waals surface area contributed by atoms with E-state index in [1.54, 1.807) is 18.9 Å². The highest BCUT2D eigenvalue weighted by atomic mass is 32.2. The van der Waals surface area contributed by atoms with Crippen molar-refractivity contribution in [2.75, 3.05) is 12.9 Å². The molecule has 0 bridgehead atoms. The number of carboxylic acids is 1. The van der Waals surface area contributed by atoms with Gasteiger partial charge >= 0.3 is 5.97 Å². The predicted molar refractivity (Wildman–Crippen MR) is 187 cm³/mol. The van der Waals surface area contributed by atoms with Crippen molar-refractivity contribution < 1.29 is 34.0 Å². The van der Waals surface area contributed by atoms with Gasteiger partial charge in [0.2, 0.25) is 5.91 Å². The fourth-order valence-electron chi connectivity index (χ4n) is 5.70. The van der Waals surface area contributed by atoms with Crippen molar-refractivity contribution in [2.24, 2.45) is 0 Å². The largest absolute Gasteiger partial charge is 0.496 e. The Labute approximate surface area is 286 Å². The van der Waals surface area contributed by atoms with E-state index >= 15 is 0 Å². The lowest BCUT2D eigenvalue weighted by Gasteiger charge is -2.36. The average molecular weight is 670 g/mol. The summed E-state index contributed by atoms with van der Waals surface area (Å²) in [4.78, 5) is 24.1. The maximum atomic E-state index is 12.4. The molecule has 0 spiro atoms. The highest BCUT2D eigenvalue weighted by Crippen LogP contribution is 2.41. The first kappa shape index (κ1) is 35.2. The van der Waals surface area contributed by atoms with Gasteiger partial charge in [-0.25, -0.2) is 0 Å². The number of para-hydroxylation sites is 1. The average Bonchev–Trinajstić information content (AvgIpc) is 3.13. The van der Waals surface area contributed by atoms with Crippen molar-refractivity contribution in [1.82, 2.24) is 5.32 Å². The molecule has 1 saturated heterocycles. The lowest BCUT2D eigenvalue weighted by Crippen LogP contribution is -2.31. The van der Waals surface area contributed by atoms with Crippen LogP contribution >= 0.6 is 11.8 Å². The summed E-state index contributed by atoms with van der Waals surface area (Å²) in [5, 5.41) is 21.3. The number of hydrogen-bond donors (Lipinski definition) is 3. The normalized spacial score (nSPS) is 17.5. The zero-order valence-electron chi connectivity index (χ0n) is 27.2. The number of unbranched alkanes of at least 4 members (excludes halogenated alkanes) is 2. The first-order chi connectivity index (χ1) is 23.4. The summed E-state index contributed by atoms with van der Waals surface area (Å²) < 4.78 is 18.8. The monoisotopic (exact) mass is 669 g/mol. The highest BCUT2D eigenvalue weighted by molar-refractivity contribution is 7.99. The second kappa shape index (κ2) is 17.8. The topological polar surface area (TPSA) is 114 Å². The van der Waals surface area contributed by atoms with Gasteiger partial charge in [0.15, 0.2) is 6.29 Å². The molecule has 0 aliphatic carbocycles. The Balaban J connectivity index is 1.27. The van der Waals surface area contributed by atoms with E-state index in [2.05, 4.69) is 29.6 Å². The summed E-state index contributed by atoms with van der Waals surface area (Å²) in [6, 6.07) is 32.2. The number of benzene rings is 4. The van der Waals surface area contributed by atoms with Crippen LogP contribution in [0.3, 0.4) is 0 Å². The van der Waals surface area contributed by atoms with E-state index in [0.29, 0.717) is 32.2 Å². The Kier molecular flexibility index (Phi) is 13.1. The van der Waals surface area contributed by atoms with E-state index in [4.69, 9.17) is 19.3 Å². The molecule has 3 atom stereocenters. The number of aliphatic carboxylic acids is 1. The van der Waals surface area contributed by atoms with Crippen LogP contribution in [0.5, 0.6) is 5.75 Å². The molecule has 4 aromatic carbocycles. The zero-order valence-corrected chi connectivity index (χ0v) is 28.0. The number of carbonyl (C=O) groups excluding carboxylic acids is 1. The van der Waals surface area contributed by atoms with Crippen LogP contribution in [0.15, 0.2) is 102 Å². The van der Waals surface area contributed by atoms with Gasteiger partial charge in [0, 0.05) is 42.0 Å². The highest BCUT2D eigenvalue weighted by Gasteiger charge is 2.32. The lowest BCUT2D eigenvalue weighted by molar-refractivity contribution is -0.245. The van der Waals surface area contributed by atoms with Gasteiger partial charge in [-0.2, -0.15) is 0 Å². The molecule has 252 valence electrons. The van der Waals surface area contributed by atoms with Gasteiger partial charge < -0.3 is 29.7 Å². The molecule has 5 rings (SSSR count). The fourth-order valence-corrected chi connectivity index (χ4v) is 6.75. The van der Waals surface area contributed by atoms with Crippen LogP contribution in [0.25, 0.3) is 11.1 Å². The standard InChI is InChI=1S/C39H43NO7S/c1-45-34-13-5-6-14-36(34)48-26-33-23-35(29-19-17-27(25-41)18-20-29)47-39(46-33)32-12-8-11-31(22-32)30-10-7-9-28(21-30)24-40-37(42)15-3-2-4-16-38(43)44/h5-14,17-22,33,35,39,41H,2-4,15-16,23-26H2,1H3,(H,40,42)(H,43,44). The third-order valence-electron chi connectivity index (χ3n) is 8.31. The van der Waals surface area contributed by atoms with Gasteiger partial charge in [-0.15, -0.1) is 11.8 Å². The van der Waals surface area contributed by atoms with Crippen LogP contribution in [0, 0.1) is 0 Å². The molecule has 8 nitrogen and oxygen atoms in total. The molecule has 3 unspecified atom stereocenters. The SMILES string of the molecule is COc1ccccc1SCC1CC(c2ccc(CO)cc2)OC(c2cccc(-c3cccc(CNC(=O)CCCCCC(=O)O)c3)c2)O1. The molecular weight excluding hydrogens is 626 g/mol. The molecule has 4 aromatic rings. The Morgan fingerprint density at radius 1 is 0.833 bits per heavy atom. The third kappa shape index (κ3) is 10.2. The lowest BCUT2D eigenvalue weighted by atomic mass is 9.99. The van der Waals surface area contributed by atoms with Crippen molar-refractivity contribution in [1.29, 1.82) is 0 Å². The zero-order chi connectivity index (χ0) is 33.7. The number of carbonyl (C=O) groups is 2.